The summed E-state index contributed by atoms with van der Waals surface area (Å²) in [4.78, 5) is 28.7. The average Bonchev–Trinajstić information content (AvgIpc) is 2.65. The number of pyridine rings is 1. The highest BCUT2D eigenvalue weighted by Crippen LogP contribution is 2.26. The summed E-state index contributed by atoms with van der Waals surface area (Å²) in [5.74, 6) is -1.17. The summed E-state index contributed by atoms with van der Waals surface area (Å²) in [5.41, 5.74) is 0.866. The summed E-state index contributed by atoms with van der Waals surface area (Å²) in [6, 6.07) is 6.60. The second-order valence-electron chi connectivity index (χ2n) is 6.83. The van der Waals surface area contributed by atoms with Crippen LogP contribution < -0.4 is 10.5 Å². The Morgan fingerprint density at radius 1 is 1.26 bits per heavy atom. The molecule has 7 heteroatoms. The topological polar surface area (TPSA) is 104 Å². The van der Waals surface area contributed by atoms with Crippen molar-refractivity contribution >= 4 is 33.9 Å². The maximum atomic E-state index is 13.0. The molecule has 27 heavy (non-hydrogen) atoms. The van der Waals surface area contributed by atoms with Gasteiger partial charge in [0.25, 0.3) is 0 Å². The minimum Gasteiger partial charge on any atom is -0.478 e. The molecule has 0 saturated heterocycles. The van der Waals surface area contributed by atoms with E-state index in [1.165, 1.54) is 6.07 Å². The molecule has 0 bridgehead atoms. The van der Waals surface area contributed by atoms with Crippen LogP contribution in [0, 0.1) is 0 Å². The molecular formula is C20H22N2O5. The van der Waals surface area contributed by atoms with Crippen molar-refractivity contribution in [2.24, 2.45) is 0 Å². The molecule has 2 heterocycles. The number of benzene rings is 1. The van der Waals surface area contributed by atoms with Crippen LogP contribution in [0.25, 0.3) is 22.1 Å². The number of nitrogens with zero attached hydrogens (tertiary/aromatic N) is 2. The Morgan fingerprint density at radius 3 is 2.63 bits per heavy atom. The molecular weight excluding hydrogens is 348 g/mol. The third-order valence-electron chi connectivity index (χ3n) is 4.52. The Morgan fingerprint density at radius 2 is 2.00 bits per heavy atom. The molecule has 0 radical (unpaired) electrons. The number of carboxylic acid groups (broad SMARTS) is 1. The van der Waals surface area contributed by atoms with Crippen molar-refractivity contribution in [3.63, 3.8) is 0 Å². The molecule has 0 fully saturated rings. The van der Waals surface area contributed by atoms with Crippen molar-refractivity contribution in [3.05, 3.63) is 45.6 Å². The van der Waals surface area contributed by atoms with E-state index in [1.807, 2.05) is 26.8 Å². The Balaban J connectivity index is 2.29. The normalized spacial score (nSPS) is 11.4. The fourth-order valence-electron chi connectivity index (χ4n) is 2.91. The molecule has 0 atom stereocenters. The van der Waals surface area contributed by atoms with Crippen molar-refractivity contribution in [2.75, 3.05) is 11.6 Å². The van der Waals surface area contributed by atoms with E-state index in [0.29, 0.717) is 17.4 Å². The number of aromatic nitrogens is 1. The molecule has 2 N–H and O–H groups in total. The van der Waals surface area contributed by atoms with Gasteiger partial charge in [0, 0.05) is 12.6 Å². The van der Waals surface area contributed by atoms with E-state index in [1.54, 1.807) is 12.1 Å². The van der Waals surface area contributed by atoms with Gasteiger partial charge in [0.15, 0.2) is 16.9 Å². The Hall–Kier alpha value is -2.93. The monoisotopic (exact) mass is 370 g/mol. The number of hydrogen-bond acceptors (Lipinski definition) is 6. The summed E-state index contributed by atoms with van der Waals surface area (Å²) < 4.78 is 5.74. The van der Waals surface area contributed by atoms with Crippen LogP contribution in [0.5, 0.6) is 0 Å². The van der Waals surface area contributed by atoms with Crippen LogP contribution in [0.2, 0.25) is 0 Å². The molecule has 0 amide bonds. The second kappa shape index (κ2) is 7.36. The zero-order chi connectivity index (χ0) is 19.7. The summed E-state index contributed by atoms with van der Waals surface area (Å²) in [6.45, 7) is 6.21. The number of aromatic carboxylic acids is 1. The summed E-state index contributed by atoms with van der Waals surface area (Å²) in [5, 5.41) is 20.9. The van der Waals surface area contributed by atoms with E-state index in [-0.39, 0.29) is 40.4 Å². The van der Waals surface area contributed by atoms with E-state index in [2.05, 4.69) is 4.98 Å². The van der Waals surface area contributed by atoms with Crippen molar-refractivity contribution in [1.82, 2.24) is 4.98 Å². The first kappa shape index (κ1) is 18.8. The van der Waals surface area contributed by atoms with Gasteiger partial charge in [-0.3, -0.25) is 10.0 Å². The van der Waals surface area contributed by atoms with Crippen LogP contribution in [0.1, 0.15) is 55.5 Å². The van der Waals surface area contributed by atoms with Gasteiger partial charge in [-0.15, -0.1) is 0 Å². The lowest BCUT2D eigenvalue weighted by Gasteiger charge is -2.17. The fraction of sp³-hybridized carbons (Fsp3) is 0.350. The quantitative estimate of drug-likeness (QED) is 0.496. The molecule has 3 rings (SSSR count). The van der Waals surface area contributed by atoms with E-state index in [9.17, 15) is 19.9 Å². The van der Waals surface area contributed by atoms with Gasteiger partial charge in [-0.25, -0.2) is 14.8 Å². The Kier molecular flexibility index (Phi) is 5.14. The van der Waals surface area contributed by atoms with E-state index >= 15 is 0 Å². The average molecular weight is 370 g/mol. The minimum atomic E-state index is -1.26. The highest BCUT2D eigenvalue weighted by Gasteiger charge is 2.21. The molecule has 0 unspecified atom stereocenters. The lowest BCUT2D eigenvalue weighted by atomic mass is 10.0. The number of carbonyl (C=O) groups is 1. The van der Waals surface area contributed by atoms with Gasteiger partial charge >= 0.3 is 5.97 Å². The Bertz CT molecular complexity index is 1070. The van der Waals surface area contributed by atoms with Gasteiger partial charge < -0.3 is 9.52 Å². The van der Waals surface area contributed by atoms with Crippen molar-refractivity contribution in [1.29, 1.82) is 0 Å². The SMILES string of the molecule is CCCCN(O)c1nc2c(=O)c3cc(C(C)C)ccc3oc2cc1C(=O)O. The van der Waals surface area contributed by atoms with Gasteiger partial charge in [0.1, 0.15) is 11.1 Å². The van der Waals surface area contributed by atoms with Gasteiger partial charge in [-0.2, -0.15) is 0 Å². The van der Waals surface area contributed by atoms with E-state index < -0.39 is 5.97 Å². The van der Waals surface area contributed by atoms with Crippen LogP contribution >= 0.6 is 0 Å². The summed E-state index contributed by atoms with van der Waals surface area (Å²) in [6.07, 6.45) is 1.47. The molecule has 0 saturated carbocycles. The van der Waals surface area contributed by atoms with Gasteiger partial charge in [0.2, 0.25) is 5.43 Å². The van der Waals surface area contributed by atoms with Crippen LogP contribution in [0.3, 0.4) is 0 Å². The van der Waals surface area contributed by atoms with Crippen molar-refractivity contribution < 1.29 is 19.5 Å². The number of fused-ring (bicyclic) bond motifs is 2. The first-order valence-corrected chi connectivity index (χ1v) is 8.94. The van der Waals surface area contributed by atoms with E-state index in [0.717, 1.165) is 17.0 Å². The van der Waals surface area contributed by atoms with Crippen LogP contribution in [0.4, 0.5) is 5.82 Å². The predicted octanol–water partition coefficient (Wildman–Crippen LogP) is 4.16. The number of anilines is 1. The molecule has 0 aliphatic rings. The maximum absolute atomic E-state index is 13.0. The second-order valence-corrected chi connectivity index (χ2v) is 6.83. The summed E-state index contributed by atoms with van der Waals surface area (Å²) in [7, 11) is 0. The lowest BCUT2D eigenvalue weighted by molar-refractivity contribution is 0.0695. The number of rotatable bonds is 6. The zero-order valence-corrected chi connectivity index (χ0v) is 15.5. The highest BCUT2D eigenvalue weighted by molar-refractivity contribution is 5.98. The zero-order valence-electron chi connectivity index (χ0n) is 15.5. The largest absolute Gasteiger partial charge is 0.478 e. The number of unbranched alkanes of at least 4 members (excludes halogenated alkanes) is 1. The molecule has 0 spiro atoms. The number of carboxylic acids is 1. The molecule has 2 aromatic heterocycles. The molecule has 142 valence electrons. The Labute approximate surface area is 155 Å². The molecule has 0 aliphatic carbocycles. The first-order valence-electron chi connectivity index (χ1n) is 8.94. The molecule has 7 nitrogen and oxygen atoms in total. The van der Waals surface area contributed by atoms with Crippen molar-refractivity contribution in [3.8, 4) is 0 Å². The fourth-order valence-corrected chi connectivity index (χ4v) is 2.91. The first-order chi connectivity index (χ1) is 12.8. The third-order valence-corrected chi connectivity index (χ3v) is 4.52. The van der Waals surface area contributed by atoms with E-state index in [4.69, 9.17) is 4.42 Å². The predicted molar refractivity (Wildman–Crippen MR) is 103 cm³/mol. The van der Waals surface area contributed by atoms with Crippen molar-refractivity contribution in [2.45, 2.75) is 39.5 Å². The van der Waals surface area contributed by atoms with Crippen LogP contribution in [-0.2, 0) is 0 Å². The standard InChI is InChI=1S/C20H22N2O5/c1-4-5-8-22(26)19-14(20(24)25)10-16-17(21-19)18(23)13-9-12(11(2)3)6-7-15(13)27-16/h6-7,9-11,26H,4-5,8H2,1-3H3,(H,24,25). The molecule has 3 aromatic rings. The van der Waals surface area contributed by atoms with Crippen LogP contribution in [0.15, 0.2) is 33.5 Å². The smallest absolute Gasteiger partial charge is 0.339 e. The highest BCUT2D eigenvalue weighted by atomic mass is 16.5. The lowest BCUT2D eigenvalue weighted by Crippen LogP contribution is -2.24. The van der Waals surface area contributed by atoms with Crippen LogP contribution in [-0.4, -0.2) is 27.8 Å². The minimum absolute atomic E-state index is 0.000968. The molecule has 0 aliphatic heterocycles. The number of hydroxylamine groups is 1. The third kappa shape index (κ3) is 3.50. The molecule has 1 aromatic carbocycles. The number of hydrogen-bond donors (Lipinski definition) is 2. The van der Waals surface area contributed by atoms with Gasteiger partial charge in [-0.1, -0.05) is 33.3 Å². The summed E-state index contributed by atoms with van der Waals surface area (Å²) >= 11 is 0. The van der Waals surface area contributed by atoms with Gasteiger partial charge in [-0.05, 0) is 30.0 Å². The van der Waals surface area contributed by atoms with Gasteiger partial charge in [0.05, 0.1) is 5.39 Å². The maximum Gasteiger partial charge on any atom is 0.339 e.